The van der Waals surface area contributed by atoms with E-state index >= 15 is 0 Å². The second-order valence-corrected chi connectivity index (χ2v) is 7.65. The number of nitrogens with one attached hydrogen (secondary N) is 1. The van der Waals surface area contributed by atoms with Crippen LogP contribution in [0.25, 0.3) is 0 Å². The largest absolute Gasteiger partial charge is 0.326 e. The van der Waals surface area contributed by atoms with Gasteiger partial charge in [-0.2, -0.15) is 0 Å². The summed E-state index contributed by atoms with van der Waals surface area (Å²) in [5.74, 6) is 0.121. The Morgan fingerprint density at radius 2 is 2.21 bits per heavy atom. The fourth-order valence-electron chi connectivity index (χ4n) is 2.26. The zero-order valence-electron chi connectivity index (χ0n) is 10.6. The summed E-state index contributed by atoms with van der Waals surface area (Å²) in [6, 6.07) is 5.24. The molecule has 104 valence electrons. The van der Waals surface area contributed by atoms with E-state index in [1.54, 1.807) is 18.2 Å². The molecule has 1 aromatic rings. The second-order valence-electron chi connectivity index (χ2n) is 4.98. The van der Waals surface area contributed by atoms with Gasteiger partial charge in [0.2, 0.25) is 5.91 Å². The molecule has 1 amide bonds. The maximum absolute atomic E-state index is 11.9. The number of sulfone groups is 1. The molecule has 1 N–H and O–H groups in total. The average molecular weight is 302 g/mol. The summed E-state index contributed by atoms with van der Waals surface area (Å²) in [7, 11) is -2.93. The molecular formula is C13H16ClNO3S. The first kappa shape index (κ1) is 14.3. The van der Waals surface area contributed by atoms with Crippen LogP contribution in [0.4, 0.5) is 5.69 Å². The Bertz CT molecular complexity index is 598. The number of amides is 1. The molecule has 0 bridgehead atoms. The third-order valence-electron chi connectivity index (χ3n) is 3.26. The third kappa shape index (κ3) is 3.94. The van der Waals surface area contributed by atoms with Crippen LogP contribution in [0.3, 0.4) is 0 Å². The van der Waals surface area contributed by atoms with Gasteiger partial charge in [0.1, 0.15) is 0 Å². The molecule has 6 heteroatoms. The van der Waals surface area contributed by atoms with Gasteiger partial charge >= 0.3 is 0 Å². The van der Waals surface area contributed by atoms with Crippen LogP contribution < -0.4 is 5.32 Å². The Kier molecular flexibility index (Phi) is 4.16. The number of aryl methyl sites for hydroxylation is 1. The van der Waals surface area contributed by atoms with Gasteiger partial charge in [0, 0.05) is 17.1 Å². The molecule has 2 rings (SSSR count). The first-order valence-corrected chi connectivity index (χ1v) is 8.32. The van der Waals surface area contributed by atoms with E-state index in [1.165, 1.54) is 0 Å². The fraction of sp³-hybridized carbons (Fsp3) is 0.462. The van der Waals surface area contributed by atoms with E-state index in [0.29, 0.717) is 11.4 Å². The summed E-state index contributed by atoms with van der Waals surface area (Å²) in [4.78, 5) is 11.9. The normalized spacial score (nSPS) is 21.3. The number of rotatable bonds is 3. The highest BCUT2D eigenvalue weighted by atomic mass is 35.5. The molecule has 0 aliphatic carbocycles. The fourth-order valence-corrected chi connectivity index (χ4v) is 4.35. The van der Waals surface area contributed by atoms with Gasteiger partial charge in [-0.3, -0.25) is 4.79 Å². The number of hydrogen-bond acceptors (Lipinski definition) is 3. The molecular weight excluding hydrogens is 286 g/mol. The Morgan fingerprint density at radius 3 is 2.79 bits per heavy atom. The number of benzene rings is 1. The van der Waals surface area contributed by atoms with Crippen molar-refractivity contribution in [2.45, 2.75) is 19.8 Å². The van der Waals surface area contributed by atoms with Crippen molar-refractivity contribution in [2.75, 3.05) is 16.8 Å². The SMILES string of the molecule is Cc1cc(Cl)ccc1NC(=O)C[C@@H]1CCS(=O)(=O)C1. The number of anilines is 1. The molecule has 0 radical (unpaired) electrons. The van der Waals surface area contributed by atoms with Crippen LogP contribution in [0.2, 0.25) is 5.02 Å². The molecule has 0 aromatic heterocycles. The molecule has 1 fully saturated rings. The molecule has 1 atom stereocenters. The molecule has 19 heavy (non-hydrogen) atoms. The van der Waals surface area contributed by atoms with Crippen molar-refractivity contribution in [3.8, 4) is 0 Å². The third-order valence-corrected chi connectivity index (χ3v) is 5.34. The van der Waals surface area contributed by atoms with E-state index in [4.69, 9.17) is 11.6 Å². The van der Waals surface area contributed by atoms with E-state index < -0.39 is 9.84 Å². The Labute approximate surface area is 118 Å². The molecule has 0 spiro atoms. The van der Waals surface area contributed by atoms with Crippen molar-refractivity contribution in [2.24, 2.45) is 5.92 Å². The molecule has 1 aliphatic heterocycles. The minimum atomic E-state index is -2.93. The van der Waals surface area contributed by atoms with Gasteiger partial charge in [0.05, 0.1) is 11.5 Å². The summed E-state index contributed by atoms with van der Waals surface area (Å²) in [6.07, 6.45) is 0.830. The molecule has 4 nitrogen and oxygen atoms in total. The molecule has 1 aliphatic rings. The molecule has 0 unspecified atom stereocenters. The lowest BCUT2D eigenvalue weighted by molar-refractivity contribution is -0.116. The van der Waals surface area contributed by atoms with E-state index in [-0.39, 0.29) is 29.8 Å². The Balaban J connectivity index is 1.95. The highest BCUT2D eigenvalue weighted by Crippen LogP contribution is 2.23. The van der Waals surface area contributed by atoms with Crippen LogP contribution in [0, 0.1) is 12.8 Å². The van der Waals surface area contributed by atoms with Crippen molar-refractivity contribution in [3.05, 3.63) is 28.8 Å². The highest BCUT2D eigenvalue weighted by Gasteiger charge is 2.29. The Hall–Kier alpha value is -1.07. The molecule has 1 heterocycles. The van der Waals surface area contributed by atoms with Crippen LogP contribution in [0.15, 0.2) is 18.2 Å². The number of carbonyl (C=O) groups excluding carboxylic acids is 1. The maximum atomic E-state index is 11.9. The van der Waals surface area contributed by atoms with Crippen LogP contribution in [-0.2, 0) is 14.6 Å². The summed E-state index contributed by atoms with van der Waals surface area (Å²) >= 11 is 5.84. The lowest BCUT2D eigenvalue weighted by Gasteiger charge is -2.11. The van der Waals surface area contributed by atoms with Crippen molar-refractivity contribution in [1.82, 2.24) is 0 Å². The Morgan fingerprint density at radius 1 is 1.47 bits per heavy atom. The van der Waals surface area contributed by atoms with Crippen LogP contribution in [0.1, 0.15) is 18.4 Å². The van der Waals surface area contributed by atoms with Gasteiger partial charge in [0.15, 0.2) is 9.84 Å². The number of halogens is 1. The van der Waals surface area contributed by atoms with Gasteiger partial charge < -0.3 is 5.32 Å². The summed E-state index contributed by atoms with van der Waals surface area (Å²) in [6.45, 7) is 1.86. The minimum absolute atomic E-state index is 0.0578. The zero-order valence-corrected chi connectivity index (χ0v) is 12.2. The summed E-state index contributed by atoms with van der Waals surface area (Å²) < 4.78 is 22.7. The van der Waals surface area contributed by atoms with E-state index in [0.717, 1.165) is 11.3 Å². The van der Waals surface area contributed by atoms with Gasteiger partial charge in [-0.05, 0) is 43.0 Å². The van der Waals surface area contributed by atoms with Gasteiger partial charge in [-0.25, -0.2) is 8.42 Å². The van der Waals surface area contributed by atoms with Gasteiger partial charge in [-0.1, -0.05) is 11.6 Å². The van der Waals surface area contributed by atoms with Gasteiger partial charge in [-0.15, -0.1) is 0 Å². The summed E-state index contributed by atoms with van der Waals surface area (Å²) in [5.41, 5.74) is 1.61. The zero-order chi connectivity index (χ0) is 14.0. The summed E-state index contributed by atoms with van der Waals surface area (Å²) in [5, 5.41) is 3.42. The quantitative estimate of drug-likeness (QED) is 0.932. The monoisotopic (exact) mass is 301 g/mol. The van der Waals surface area contributed by atoms with Crippen LogP contribution in [0.5, 0.6) is 0 Å². The van der Waals surface area contributed by atoms with Crippen molar-refractivity contribution in [1.29, 1.82) is 0 Å². The van der Waals surface area contributed by atoms with Crippen LogP contribution >= 0.6 is 11.6 Å². The average Bonchev–Trinajstić information content (AvgIpc) is 2.62. The predicted octanol–water partition coefficient (Wildman–Crippen LogP) is 2.41. The maximum Gasteiger partial charge on any atom is 0.224 e. The standard InChI is InChI=1S/C13H16ClNO3S/c1-9-6-11(14)2-3-12(9)15-13(16)7-10-4-5-19(17,18)8-10/h2-3,6,10H,4-5,7-8H2,1H3,(H,15,16)/t10-/m0/s1. The minimum Gasteiger partial charge on any atom is -0.326 e. The van der Waals surface area contributed by atoms with Crippen LogP contribution in [-0.4, -0.2) is 25.8 Å². The lowest BCUT2D eigenvalue weighted by Crippen LogP contribution is -2.17. The van der Waals surface area contributed by atoms with Crippen molar-refractivity contribution in [3.63, 3.8) is 0 Å². The van der Waals surface area contributed by atoms with E-state index in [9.17, 15) is 13.2 Å². The topological polar surface area (TPSA) is 63.2 Å². The van der Waals surface area contributed by atoms with Crippen molar-refractivity contribution < 1.29 is 13.2 Å². The molecule has 1 aromatic carbocycles. The smallest absolute Gasteiger partial charge is 0.224 e. The first-order chi connectivity index (χ1) is 8.85. The first-order valence-electron chi connectivity index (χ1n) is 6.12. The highest BCUT2D eigenvalue weighted by molar-refractivity contribution is 7.91. The number of hydrogen-bond donors (Lipinski definition) is 1. The number of carbonyl (C=O) groups is 1. The van der Waals surface area contributed by atoms with E-state index in [2.05, 4.69) is 5.32 Å². The predicted molar refractivity (Wildman–Crippen MR) is 76.2 cm³/mol. The van der Waals surface area contributed by atoms with E-state index in [1.807, 2.05) is 6.92 Å². The second kappa shape index (κ2) is 5.51. The van der Waals surface area contributed by atoms with Gasteiger partial charge in [0.25, 0.3) is 0 Å². The molecule has 0 saturated carbocycles. The lowest BCUT2D eigenvalue weighted by atomic mass is 10.0. The molecule has 1 saturated heterocycles. The van der Waals surface area contributed by atoms with Crippen molar-refractivity contribution >= 4 is 33.0 Å².